The van der Waals surface area contributed by atoms with Crippen molar-refractivity contribution in [2.45, 2.75) is 12.7 Å². The molecule has 0 unspecified atom stereocenters. The molecule has 0 bridgehead atoms. The molecule has 0 spiro atoms. The molecule has 0 aromatic carbocycles. The van der Waals surface area contributed by atoms with Gasteiger partial charge in [-0.3, -0.25) is 4.79 Å². The molecule has 9 nitrogen and oxygen atoms in total. The number of nitrogens with one attached hydrogen (secondary N) is 1. The summed E-state index contributed by atoms with van der Waals surface area (Å²) in [6, 6.07) is 0. The lowest BCUT2D eigenvalue weighted by molar-refractivity contribution is 0.0695. The highest BCUT2D eigenvalue weighted by atomic mass is 32.1. The maximum absolute atomic E-state index is 15.5. The van der Waals surface area contributed by atoms with Crippen molar-refractivity contribution < 1.29 is 24.1 Å². The van der Waals surface area contributed by atoms with Gasteiger partial charge >= 0.3 is 5.97 Å². The molecule has 3 rings (SSSR count). The molecule has 0 atom stereocenters. The van der Waals surface area contributed by atoms with Crippen LogP contribution in [0, 0.1) is 5.82 Å². The average Bonchev–Trinajstić information content (AvgIpc) is 3.15. The van der Waals surface area contributed by atoms with Crippen LogP contribution in [0.2, 0.25) is 0 Å². The van der Waals surface area contributed by atoms with Gasteiger partial charge in [0.1, 0.15) is 16.4 Å². The Bertz CT molecular complexity index is 988. The Morgan fingerprint density at radius 2 is 2.25 bits per heavy atom. The van der Waals surface area contributed by atoms with E-state index in [1.807, 2.05) is 0 Å². The monoisotopic (exact) mass is 408 g/mol. The van der Waals surface area contributed by atoms with E-state index in [4.69, 9.17) is 4.74 Å². The number of rotatable bonds is 5. The highest BCUT2D eigenvalue weighted by molar-refractivity contribution is 7.13. The van der Waals surface area contributed by atoms with E-state index >= 15 is 4.39 Å². The normalized spacial score (nSPS) is 13.8. The van der Waals surface area contributed by atoms with Crippen LogP contribution in [0.3, 0.4) is 0 Å². The van der Waals surface area contributed by atoms with E-state index in [1.54, 1.807) is 5.38 Å². The van der Waals surface area contributed by atoms with Crippen LogP contribution in [-0.2, 0) is 11.3 Å². The summed E-state index contributed by atoms with van der Waals surface area (Å²) in [4.78, 5) is 36.6. The minimum absolute atomic E-state index is 0.00451. The maximum Gasteiger partial charge on any atom is 0.341 e. The molecule has 2 aromatic heterocycles. The zero-order chi connectivity index (χ0) is 20.3. The van der Waals surface area contributed by atoms with E-state index in [9.17, 15) is 19.8 Å². The standard InChI is InChI=1S/C17H17FN4O5S/c1-27-7-11-12(16-20-2-3-28-16)14(24)10(17(25)26)4-19-8-21-15(13(11)18)22-5-9(23)6-22/h2-4,8-9,23H,5-7H2,1H3,(H,19,21)(H,25,26). The molecule has 1 aliphatic heterocycles. The Labute approximate surface area is 162 Å². The number of aromatic nitrogens is 3. The van der Waals surface area contributed by atoms with Gasteiger partial charge in [-0.1, -0.05) is 0 Å². The lowest BCUT2D eigenvalue weighted by atomic mass is 10.1. The number of methoxy groups -OCH3 is 1. The number of thiazole rings is 1. The summed E-state index contributed by atoms with van der Waals surface area (Å²) in [6.07, 6.45) is 2.80. The third-order valence-corrected chi connectivity index (χ3v) is 4.86. The lowest BCUT2D eigenvalue weighted by Gasteiger charge is -2.37. The Morgan fingerprint density at radius 3 is 2.82 bits per heavy atom. The summed E-state index contributed by atoms with van der Waals surface area (Å²) in [6.45, 7) is 0.0965. The van der Waals surface area contributed by atoms with Crippen molar-refractivity contribution >= 4 is 23.1 Å². The topological polar surface area (TPSA) is 129 Å². The van der Waals surface area contributed by atoms with Crippen molar-refractivity contribution in [3.05, 3.63) is 51.3 Å². The minimum Gasteiger partial charge on any atom is -0.477 e. The van der Waals surface area contributed by atoms with Gasteiger partial charge in [-0.25, -0.2) is 19.2 Å². The summed E-state index contributed by atoms with van der Waals surface area (Å²) in [5.41, 5.74) is -1.91. The number of anilines is 1. The third kappa shape index (κ3) is 3.86. The fourth-order valence-electron chi connectivity index (χ4n) is 2.73. The number of aliphatic hydroxyl groups is 1. The SMILES string of the molecule is COCc1c(F)c(N2CC(O)C2)[nH]cncc(C(=O)O)c(=O)c1-c1nccs1. The number of aliphatic hydroxyl groups excluding tert-OH is 1. The molecule has 1 aliphatic rings. The van der Waals surface area contributed by atoms with Gasteiger partial charge in [0.05, 0.1) is 24.6 Å². The number of β-amino-alcohol motifs (C(OH)–C–C–N with tert-alkyl or cyclic N) is 1. The van der Waals surface area contributed by atoms with Gasteiger partial charge < -0.3 is 24.8 Å². The summed E-state index contributed by atoms with van der Waals surface area (Å²) in [5.74, 6) is -2.32. The number of aromatic amines is 1. The first-order chi connectivity index (χ1) is 13.4. The van der Waals surface area contributed by atoms with Gasteiger partial charge in [0, 0.05) is 43.5 Å². The van der Waals surface area contributed by atoms with E-state index in [-0.39, 0.29) is 41.6 Å². The van der Waals surface area contributed by atoms with Gasteiger partial charge in [-0.05, 0) is 0 Å². The molecular formula is C17H17FN4O5S. The van der Waals surface area contributed by atoms with Crippen LogP contribution in [0.1, 0.15) is 15.9 Å². The van der Waals surface area contributed by atoms with E-state index in [2.05, 4.69) is 15.0 Å². The van der Waals surface area contributed by atoms with Crippen molar-refractivity contribution in [2.75, 3.05) is 25.1 Å². The molecular weight excluding hydrogens is 391 g/mol. The van der Waals surface area contributed by atoms with Crippen LogP contribution in [0.5, 0.6) is 0 Å². The number of H-pyrrole nitrogens is 1. The van der Waals surface area contributed by atoms with Crippen molar-refractivity contribution in [3.63, 3.8) is 0 Å². The summed E-state index contributed by atoms with van der Waals surface area (Å²) >= 11 is 1.07. The molecule has 3 N–H and O–H groups in total. The minimum atomic E-state index is -1.50. The number of hydrogen-bond donors (Lipinski definition) is 3. The fraction of sp³-hybridized carbons (Fsp3) is 0.294. The summed E-state index contributed by atoms with van der Waals surface area (Å²) in [5, 5.41) is 20.7. The van der Waals surface area contributed by atoms with Crippen LogP contribution < -0.4 is 10.3 Å². The average molecular weight is 408 g/mol. The second kappa shape index (κ2) is 8.42. The quantitative estimate of drug-likeness (QED) is 0.673. The van der Waals surface area contributed by atoms with Gasteiger partial charge in [0.2, 0.25) is 5.43 Å². The van der Waals surface area contributed by atoms with Crippen molar-refractivity contribution in [1.82, 2.24) is 15.0 Å². The molecule has 148 valence electrons. The van der Waals surface area contributed by atoms with Crippen molar-refractivity contribution in [3.8, 4) is 10.6 Å². The number of carbonyl (C=O) groups is 1. The van der Waals surface area contributed by atoms with Crippen LogP contribution in [0.25, 0.3) is 10.6 Å². The van der Waals surface area contributed by atoms with Crippen LogP contribution in [0.15, 0.2) is 28.9 Å². The maximum atomic E-state index is 15.5. The predicted molar refractivity (Wildman–Crippen MR) is 99.4 cm³/mol. The Hall–Kier alpha value is -2.89. The first-order valence-electron chi connectivity index (χ1n) is 8.15. The molecule has 11 heteroatoms. The van der Waals surface area contributed by atoms with Gasteiger partial charge in [-0.15, -0.1) is 11.3 Å². The molecule has 0 aliphatic carbocycles. The fourth-order valence-corrected chi connectivity index (χ4v) is 3.44. The molecule has 0 radical (unpaired) electrons. The van der Waals surface area contributed by atoms with Crippen LogP contribution in [-0.4, -0.2) is 57.4 Å². The summed E-state index contributed by atoms with van der Waals surface area (Å²) in [7, 11) is 1.33. The Morgan fingerprint density at radius 1 is 1.50 bits per heavy atom. The first-order valence-corrected chi connectivity index (χ1v) is 9.03. The highest BCUT2D eigenvalue weighted by Gasteiger charge is 2.29. The van der Waals surface area contributed by atoms with Gasteiger partial charge in [0.25, 0.3) is 0 Å². The third-order valence-electron chi connectivity index (χ3n) is 4.07. The van der Waals surface area contributed by atoms with E-state index in [0.29, 0.717) is 0 Å². The zero-order valence-corrected chi connectivity index (χ0v) is 15.6. The molecule has 0 amide bonds. The van der Waals surface area contributed by atoms with Gasteiger partial charge in [0.15, 0.2) is 5.82 Å². The number of carboxylic acid groups (broad SMARTS) is 1. The first kappa shape index (κ1) is 19.9. The van der Waals surface area contributed by atoms with Gasteiger partial charge in [-0.2, -0.15) is 0 Å². The van der Waals surface area contributed by atoms with Crippen LogP contribution in [0.4, 0.5) is 10.2 Å². The van der Waals surface area contributed by atoms with Crippen LogP contribution >= 0.6 is 11.3 Å². The number of aromatic carboxylic acids is 1. The Balaban J connectivity index is 2.44. The molecule has 3 heterocycles. The lowest BCUT2D eigenvalue weighted by Crippen LogP contribution is -2.51. The number of nitrogens with zero attached hydrogens (tertiary/aromatic N) is 3. The number of hydrogen-bond acceptors (Lipinski definition) is 8. The molecule has 28 heavy (non-hydrogen) atoms. The highest BCUT2D eigenvalue weighted by Crippen LogP contribution is 2.29. The van der Waals surface area contributed by atoms with Crippen molar-refractivity contribution in [1.29, 1.82) is 0 Å². The number of carboxylic acids is 1. The Kier molecular flexibility index (Phi) is 5.97. The smallest absolute Gasteiger partial charge is 0.341 e. The van der Waals surface area contributed by atoms with E-state index in [1.165, 1.54) is 18.2 Å². The molecule has 0 saturated carbocycles. The second-order valence-electron chi connectivity index (χ2n) is 5.94. The number of halogens is 1. The number of ether oxygens (including phenoxy) is 1. The largest absolute Gasteiger partial charge is 0.477 e. The van der Waals surface area contributed by atoms with E-state index in [0.717, 1.165) is 23.9 Å². The zero-order valence-electron chi connectivity index (χ0n) is 14.8. The molecule has 1 fully saturated rings. The predicted octanol–water partition coefficient (Wildman–Crippen LogP) is 1.18. The summed E-state index contributed by atoms with van der Waals surface area (Å²) < 4.78 is 20.6. The van der Waals surface area contributed by atoms with Crippen molar-refractivity contribution in [2.24, 2.45) is 0 Å². The second-order valence-corrected chi connectivity index (χ2v) is 6.84. The molecule has 1 saturated heterocycles. The van der Waals surface area contributed by atoms with E-state index < -0.39 is 28.9 Å². The molecule has 2 aromatic rings.